The molecule has 0 fully saturated rings. The van der Waals surface area contributed by atoms with Crippen molar-refractivity contribution in [3.63, 3.8) is 0 Å². The van der Waals surface area contributed by atoms with Gasteiger partial charge in [0.25, 0.3) is 0 Å². The van der Waals surface area contributed by atoms with Crippen LogP contribution in [0.2, 0.25) is 0 Å². The van der Waals surface area contributed by atoms with Gasteiger partial charge in [0.1, 0.15) is 0 Å². The number of ether oxygens (including phenoxy) is 2. The van der Waals surface area contributed by atoms with Gasteiger partial charge in [-0.15, -0.1) is 0 Å². The zero-order chi connectivity index (χ0) is 14.7. The highest BCUT2D eigenvalue weighted by atomic mass is 32.1. The minimum atomic E-state index is -0.508. The first-order valence-electron chi connectivity index (χ1n) is 7.84. The van der Waals surface area contributed by atoms with Crippen molar-refractivity contribution in [3.8, 4) is 0 Å². The first kappa shape index (κ1) is 19.3. The van der Waals surface area contributed by atoms with Crippen LogP contribution in [0, 0.1) is 5.92 Å². The zero-order valence-corrected chi connectivity index (χ0v) is 14.5. The summed E-state index contributed by atoms with van der Waals surface area (Å²) in [4.78, 5) is 0. The molecular formula is C16H34O2S. The molecular weight excluding hydrogens is 256 g/mol. The molecule has 0 spiro atoms. The molecule has 0 bridgehead atoms. The van der Waals surface area contributed by atoms with E-state index < -0.39 is 5.79 Å². The Morgan fingerprint density at radius 2 is 1.47 bits per heavy atom. The van der Waals surface area contributed by atoms with Crippen molar-refractivity contribution in [1.82, 2.24) is 0 Å². The fourth-order valence-electron chi connectivity index (χ4n) is 2.66. The van der Waals surface area contributed by atoms with Crippen LogP contribution in [0.5, 0.6) is 0 Å². The van der Waals surface area contributed by atoms with E-state index in [9.17, 15) is 0 Å². The quantitative estimate of drug-likeness (QED) is 0.307. The maximum atomic E-state index is 5.60. The van der Waals surface area contributed by atoms with Crippen molar-refractivity contribution >= 4 is 12.6 Å². The average Bonchev–Trinajstić information content (AvgIpc) is 2.43. The average molecular weight is 291 g/mol. The van der Waals surface area contributed by atoms with Gasteiger partial charge in [-0.1, -0.05) is 52.4 Å². The van der Waals surface area contributed by atoms with Gasteiger partial charge < -0.3 is 9.47 Å². The third kappa shape index (κ3) is 7.01. The highest BCUT2D eigenvalue weighted by Crippen LogP contribution is 2.34. The molecule has 0 radical (unpaired) electrons. The van der Waals surface area contributed by atoms with Crippen LogP contribution in [0.15, 0.2) is 0 Å². The van der Waals surface area contributed by atoms with E-state index in [1.54, 1.807) is 14.2 Å². The summed E-state index contributed by atoms with van der Waals surface area (Å²) in [5.41, 5.74) is 0. The van der Waals surface area contributed by atoms with Crippen LogP contribution in [0.4, 0.5) is 0 Å². The predicted octanol–water partition coefficient (Wildman–Crippen LogP) is 5.07. The summed E-state index contributed by atoms with van der Waals surface area (Å²) in [5, 5.41) is 0.353. The molecule has 2 atom stereocenters. The second-order valence-electron chi connectivity index (χ2n) is 5.59. The van der Waals surface area contributed by atoms with Crippen molar-refractivity contribution in [2.24, 2.45) is 5.92 Å². The molecule has 0 aromatic heterocycles. The smallest absolute Gasteiger partial charge is 0.168 e. The molecule has 0 aromatic carbocycles. The number of thiol groups is 1. The van der Waals surface area contributed by atoms with Crippen LogP contribution < -0.4 is 0 Å². The molecule has 2 nitrogen and oxygen atoms in total. The lowest BCUT2D eigenvalue weighted by Gasteiger charge is -2.38. The molecule has 2 unspecified atom stereocenters. The number of rotatable bonds is 12. The largest absolute Gasteiger partial charge is 0.353 e. The van der Waals surface area contributed by atoms with Gasteiger partial charge in [-0.25, -0.2) is 0 Å². The fourth-order valence-corrected chi connectivity index (χ4v) is 3.26. The molecule has 0 aliphatic carbocycles. The van der Waals surface area contributed by atoms with Crippen molar-refractivity contribution in [2.75, 3.05) is 14.2 Å². The summed E-state index contributed by atoms with van der Waals surface area (Å²) in [6.45, 7) is 6.50. The highest BCUT2D eigenvalue weighted by molar-refractivity contribution is 7.81. The molecule has 116 valence electrons. The summed E-state index contributed by atoms with van der Waals surface area (Å²) in [5.74, 6) is -0.159. The highest BCUT2D eigenvalue weighted by Gasteiger charge is 2.37. The van der Waals surface area contributed by atoms with Crippen molar-refractivity contribution in [2.45, 2.75) is 83.2 Å². The summed E-state index contributed by atoms with van der Waals surface area (Å²) >= 11 is 4.83. The van der Waals surface area contributed by atoms with Crippen LogP contribution in [0.25, 0.3) is 0 Å². The van der Waals surface area contributed by atoms with E-state index in [0.29, 0.717) is 11.2 Å². The van der Waals surface area contributed by atoms with Crippen LogP contribution >= 0.6 is 12.6 Å². The van der Waals surface area contributed by atoms with Crippen LogP contribution in [0.3, 0.4) is 0 Å². The Morgan fingerprint density at radius 1 is 0.895 bits per heavy atom. The van der Waals surface area contributed by atoms with Gasteiger partial charge >= 0.3 is 0 Å². The molecule has 0 saturated heterocycles. The van der Waals surface area contributed by atoms with Crippen molar-refractivity contribution in [1.29, 1.82) is 0 Å². The summed E-state index contributed by atoms with van der Waals surface area (Å²) in [6.07, 6.45) is 9.97. The number of hydrogen-bond donors (Lipinski definition) is 1. The monoisotopic (exact) mass is 290 g/mol. The fraction of sp³-hybridized carbons (Fsp3) is 1.00. The molecule has 0 amide bonds. The lowest BCUT2D eigenvalue weighted by molar-refractivity contribution is -0.228. The Balaban J connectivity index is 4.28. The third-order valence-electron chi connectivity index (χ3n) is 4.15. The first-order chi connectivity index (χ1) is 9.05. The molecule has 0 aliphatic heterocycles. The van der Waals surface area contributed by atoms with Crippen molar-refractivity contribution < 1.29 is 9.47 Å². The Kier molecular flexibility index (Phi) is 11.1. The predicted molar refractivity (Wildman–Crippen MR) is 87.0 cm³/mol. The SMILES string of the molecule is CCCCCCCC(S)C(CCC)C(C)(OC)OC. The third-order valence-corrected chi connectivity index (χ3v) is 4.77. The molecule has 0 rings (SSSR count). The van der Waals surface area contributed by atoms with E-state index in [2.05, 4.69) is 13.8 Å². The molecule has 0 aromatic rings. The molecule has 0 heterocycles. The minimum Gasteiger partial charge on any atom is -0.353 e. The minimum absolute atomic E-state index is 0.349. The normalized spacial score (nSPS) is 15.5. The van der Waals surface area contributed by atoms with Crippen LogP contribution in [-0.2, 0) is 9.47 Å². The lowest BCUT2D eigenvalue weighted by atomic mass is 9.88. The summed E-state index contributed by atoms with van der Waals surface area (Å²) < 4.78 is 11.2. The molecule has 0 saturated carbocycles. The van der Waals surface area contributed by atoms with Crippen LogP contribution in [0.1, 0.15) is 72.1 Å². The van der Waals surface area contributed by atoms with E-state index in [1.807, 2.05) is 6.92 Å². The molecule has 0 aliphatic rings. The van der Waals surface area contributed by atoms with E-state index in [0.717, 1.165) is 19.3 Å². The maximum absolute atomic E-state index is 5.60. The van der Waals surface area contributed by atoms with Gasteiger partial charge in [0.15, 0.2) is 5.79 Å². The Hall–Kier alpha value is 0.270. The second kappa shape index (κ2) is 11.0. The zero-order valence-electron chi connectivity index (χ0n) is 13.6. The Labute approximate surface area is 126 Å². The Bertz CT molecular complexity index is 205. The van der Waals surface area contributed by atoms with Gasteiger partial charge in [-0.3, -0.25) is 0 Å². The molecule has 0 N–H and O–H groups in total. The van der Waals surface area contributed by atoms with E-state index in [1.165, 1.54) is 32.1 Å². The lowest BCUT2D eigenvalue weighted by Crippen LogP contribution is -2.43. The summed E-state index contributed by atoms with van der Waals surface area (Å²) in [7, 11) is 3.46. The topological polar surface area (TPSA) is 18.5 Å². The van der Waals surface area contributed by atoms with E-state index in [-0.39, 0.29) is 0 Å². The van der Waals surface area contributed by atoms with Gasteiger partial charge in [-0.2, -0.15) is 12.6 Å². The van der Waals surface area contributed by atoms with Gasteiger partial charge in [0, 0.05) is 25.4 Å². The van der Waals surface area contributed by atoms with Gasteiger partial charge in [0.2, 0.25) is 0 Å². The number of methoxy groups -OCH3 is 2. The molecule has 19 heavy (non-hydrogen) atoms. The van der Waals surface area contributed by atoms with Gasteiger partial charge in [-0.05, 0) is 19.8 Å². The number of unbranched alkanes of at least 4 members (excludes halogenated alkanes) is 4. The van der Waals surface area contributed by atoms with Crippen molar-refractivity contribution in [3.05, 3.63) is 0 Å². The van der Waals surface area contributed by atoms with E-state index >= 15 is 0 Å². The maximum Gasteiger partial charge on any atom is 0.168 e. The van der Waals surface area contributed by atoms with Gasteiger partial charge in [0.05, 0.1) is 0 Å². The first-order valence-corrected chi connectivity index (χ1v) is 8.35. The number of hydrogen-bond acceptors (Lipinski definition) is 3. The summed E-state index contributed by atoms with van der Waals surface area (Å²) in [6, 6.07) is 0. The standard InChI is InChI=1S/C16H34O2S/c1-6-8-9-10-11-13-15(19)14(12-7-2)16(3,17-4)18-5/h14-15,19H,6-13H2,1-5H3. The Morgan fingerprint density at radius 3 is 1.95 bits per heavy atom. The van der Waals surface area contributed by atoms with Crippen LogP contribution in [-0.4, -0.2) is 25.3 Å². The second-order valence-corrected chi connectivity index (χ2v) is 6.25. The molecule has 3 heteroatoms. The van der Waals surface area contributed by atoms with E-state index in [4.69, 9.17) is 22.1 Å².